The first kappa shape index (κ1) is 25.5. The van der Waals surface area contributed by atoms with E-state index in [0.29, 0.717) is 24.8 Å². The lowest BCUT2D eigenvalue weighted by Crippen LogP contribution is -2.40. The topological polar surface area (TPSA) is 74.8 Å². The second kappa shape index (κ2) is 14.5. The van der Waals surface area contributed by atoms with Crippen LogP contribution >= 0.6 is 24.0 Å². The van der Waals surface area contributed by atoms with E-state index in [2.05, 4.69) is 53.8 Å². The van der Waals surface area contributed by atoms with Gasteiger partial charge < -0.3 is 20.7 Å². The molecule has 154 valence electrons. The molecule has 0 aromatic heterocycles. The van der Waals surface area contributed by atoms with Crippen LogP contribution in [0.2, 0.25) is 0 Å². The summed E-state index contributed by atoms with van der Waals surface area (Å²) >= 11 is 0. The molecular formula is C20H35IN4O2. The van der Waals surface area contributed by atoms with Crippen molar-refractivity contribution in [3.63, 3.8) is 0 Å². The van der Waals surface area contributed by atoms with Crippen molar-refractivity contribution in [2.75, 3.05) is 26.7 Å². The molecule has 0 aliphatic rings. The fraction of sp³-hybridized carbons (Fsp3) is 0.600. The van der Waals surface area contributed by atoms with Crippen LogP contribution in [0.4, 0.5) is 0 Å². The number of amides is 1. The Kier molecular flexibility index (Phi) is 13.7. The molecule has 0 saturated heterocycles. The van der Waals surface area contributed by atoms with Crippen molar-refractivity contribution in [2.24, 2.45) is 10.9 Å². The minimum absolute atomic E-state index is 0. The van der Waals surface area contributed by atoms with Crippen LogP contribution in [-0.4, -0.2) is 38.6 Å². The highest BCUT2D eigenvalue weighted by molar-refractivity contribution is 14.0. The predicted molar refractivity (Wildman–Crippen MR) is 123 cm³/mol. The number of rotatable bonds is 10. The second-order valence-electron chi connectivity index (χ2n) is 6.74. The van der Waals surface area contributed by atoms with Crippen LogP contribution in [0.15, 0.2) is 29.3 Å². The Morgan fingerprint density at radius 3 is 2.33 bits per heavy atom. The lowest BCUT2D eigenvalue weighted by Gasteiger charge is -2.18. The van der Waals surface area contributed by atoms with Crippen molar-refractivity contribution in [2.45, 2.75) is 46.6 Å². The number of nitrogens with one attached hydrogen (secondary N) is 3. The van der Waals surface area contributed by atoms with Crippen molar-refractivity contribution in [3.05, 3.63) is 29.8 Å². The molecule has 1 aromatic rings. The molecule has 7 heteroatoms. The summed E-state index contributed by atoms with van der Waals surface area (Å²) in [5.41, 5.74) is 1.14. The summed E-state index contributed by atoms with van der Waals surface area (Å²) in [7, 11) is 1.72. The van der Waals surface area contributed by atoms with Gasteiger partial charge in [-0.1, -0.05) is 32.9 Å². The van der Waals surface area contributed by atoms with E-state index >= 15 is 0 Å². The average molecular weight is 490 g/mol. The zero-order chi connectivity index (χ0) is 19.4. The summed E-state index contributed by atoms with van der Waals surface area (Å²) in [6.45, 7) is 10.4. The first-order valence-corrected chi connectivity index (χ1v) is 9.42. The second-order valence-corrected chi connectivity index (χ2v) is 6.74. The highest BCUT2D eigenvalue weighted by atomic mass is 127. The van der Waals surface area contributed by atoms with Crippen LogP contribution in [0.1, 0.15) is 52.1 Å². The van der Waals surface area contributed by atoms with Crippen molar-refractivity contribution in [3.8, 4) is 5.75 Å². The number of carbonyl (C=O) groups is 1. The zero-order valence-electron chi connectivity index (χ0n) is 17.2. The van der Waals surface area contributed by atoms with Crippen molar-refractivity contribution in [1.29, 1.82) is 0 Å². The summed E-state index contributed by atoms with van der Waals surface area (Å²) in [4.78, 5) is 15.8. The van der Waals surface area contributed by atoms with Gasteiger partial charge in [0.25, 0.3) is 0 Å². The number of guanidine groups is 1. The van der Waals surface area contributed by atoms with Gasteiger partial charge in [0, 0.05) is 26.6 Å². The van der Waals surface area contributed by atoms with Gasteiger partial charge in [-0.15, -0.1) is 24.0 Å². The van der Waals surface area contributed by atoms with Crippen LogP contribution < -0.4 is 20.7 Å². The van der Waals surface area contributed by atoms with E-state index in [9.17, 15) is 4.79 Å². The van der Waals surface area contributed by atoms with Crippen LogP contribution in [-0.2, 0) is 4.79 Å². The lowest BCUT2D eigenvalue weighted by atomic mass is 10.1. The fourth-order valence-corrected chi connectivity index (χ4v) is 2.25. The van der Waals surface area contributed by atoms with E-state index < -0.39 is 0 Å². The number of nitrogens with zero attached hydrogens (tertiary/aromatic N) is 1. The maximum atomic E-state index is 11.6. The minimum Gasteiger partial charge on any atom is -0.493 e. The Morgan fingerprint density at radius 2 is 1.78 bits per heavy atom. The van der Waals surface area contributed by atoms with Gasteiger partial charge in [0.15, 0.2) is 5.96 Å². The third-order valence-electron chi connectivity index (χ3n) is 3.76. The number of aliphatic imine (C=N–C) groups is 1. The predicted octanol–water partition coefficient (Wildman–Crippen LogP) is 3.48. The van der Waals surface area contributed by atoms with Crippen molar-refractivity contribution < 1.29 is 9.53 Å². The monoisotopic (exact) mass is 490 g/mol. The summed E-state index contributed by atoms with van der Waals surface area (Å²) in [5.74, 6) is 2.13. The molecule has 0 saturated carbocycles. The fourth-order valence-electron chi connectivity index (χ4n) is 2.25. The maximum Gasteiger partial charge on any atom is 0.221 e. The minimum atomic E-state index is 0. The smallest absolute Gasteiger partial charge is 0.221 e. The third-order valence-corrected chi connectivity index (χ3v) is 3.76. The molecule has 6 nitrogen and oxygen atoms in total. The Labute approximate surface area is 181 Å². The van der Waals surface area contributed by atoms with Gasteiger partial charge in [-0.2, -0.15) is 0 Å². The van der Waals surface area contributed by atoms with Crippen molar-refractivity contribution >= 4 is 35.8 Å². The quantitative estimate of drug-likeness (QED) is 0.267. The molecule has 1 unspecified atom stereocenters. The highest BCUT2D eigenvalue weighted by Crippen LogP contribution is 2.18. The Morgan fingerprint density at radius 1 is 1.11 bits per heavy atom. The van der Waals surface area contributed by atoms with Gasteiger partial charge in [0.05, 0.1) is 12.6 Å². The molecule has 1 amide bonds. The summed E-state index contributed by atoms with van der Waals surface area (Å²) in [5, 5.41) is 9.37. The van der Waals surface area contributed by atoms with E-state index in [1.165, 1.54) is 0 Å². The molecule has 1 aromatic carbocycles. The van der Waals surface area contributed by atoms with Gasteiger partial charge >= 0.3 is 0 Å². The van der Waals surface area contributed by atoms with E-state index in [0.717, 1.165) is 30.9 Å². The van der Waals surface area contributed by atoms with Crippen LogP contribution in [0.5, 0.6) is 5.75 Å². The van der Waals surface area contributed by atoms with Gasteiger partial charge in [-0.05, 0) is 37.0 Å². The normalized spacial score (nSPS) is 12.1. The van der Waals surface area contributed by atoms with E-state index in [-0.39, 0.29) is 35.9 Å². The van der Waals surface area contributed by atoms with Crippen LogP contribution in [0, 0.1) is 5.92 Å². The molecule has 27 heavy (non-hydrogen) atoms. The maximum absolute atomic E-state index is 11.6. The van der Waals surface area contributed by atoms with Gasteiger partial charge in [-0.25, -0.2) is 0 Å². The number of hydrogen-bond donors (Lipinski definition) is 3. The molecule has 0 aliphatic heterocycles. The van der Waals surface area contributed by atoms with Crippen molar-refractivity contribution in [1.82, 2.24) is 16.0 Å². The standard InChI is InChI=1S/C20H34N4O2.HI/c1-6-12-22-19(25)11-13-23-20(21-5)24-16(4)17-7-9-18(10-8-17)26-14-15(2)3;/h7-10,15-16H,6,11-14H2,1-5H3,(H,22,25)(H2,21,23,24);1H. The molecule has 0 bridgehead atoms. The van der Waals surface area contributed by atoms with Gasteiger partial charge in [-0.3, -0.25) is 9.79 Å². The molecule has 0 fully saturated rings. The first-order chi connectivity index (χ1) is 12.5. The SMILES string of the molecule is CCCNC(=O)CCNC(=NC)NC(C)c1ccc(OCC(C)C)cc1.I. The van der Waals surface area contributed by atoms with E-state index in [4.69, 9.17) is 4.74 Å². The average Bonchev–Trinajstić information content (AvgIpc) is 2.64. The molecule has 0 heterocycles. The third kappa shape index (κ3) is 11.0. The molecule has 0 aliphatic carbocycles. The van der Waals surface area contributed by atoms with Gasteiger partial charge in [0.2, 0.25) is 5.91 Å². The molecule has 1 rings (SSSR count). The van der Waals surface area contributed by atoms with Gasteiger partial charge in [0.1, 0.15) is 5.75 Å². The largest absolute Gasteiger partial charge is 0.493 e. The highest BCUT2D eigenvalue weighted by Gasteiger charge is 2.09. The van der Waals surface area contributed by atoms with E-state index in [1.54, 1.807) is 7.05 Å². The number of hydrogen-bond acceptors (Lipinski definition) is 3. The molecule has 1 atom stereocenters. The number of ether oxygens (including phenoxy) is 1. The molecule has 0 radical (unpaired) electrons. The van der Waals surface area contributed by atoms with Crippen LogP contribution in [0.25, 0.3) is 0 Å². The lowest BCUT2D eigenvalue weighted by molar-refractivity contribution is -0.120. The van der Waals surface area contributed by atoms with Crippen LogP contribution in [0.3, 0.4) is 0 Å². The first-order valence-electron chi connectivity index (χ1n) is 9.42. The molecule has 3 N–H and O–H groups in total. The zero-order valence-corrected chi connectivity index (χ0v) is 19.5. The molecular weight excluding hydrogens is 455 g/mol. The number of carbonyl (C=O) groups excluding carboxylic acids is 1. The van der Waals surface area contributed by atoms with E-state index in [1.807, 2.05) is 19.1 Å². The summed E-state index contributed by atoms with van der Waals surface area (Å²) < 4.78 is 5.71. The summed E-state index contributed by atoms with van der Waals surface area (Å²) in [6, 6.07) is 8.18. The number of benzene rings is 1. The number of halogens is 1. The Balaban J connectivity index is 0.00000676. The Hall–Kier alpha value is -1.51. The Bertz CT molecular complexity index is 562. The molecule has 0 spiro atoms. The summed E-state index contributed by atoms with van der Waals surface area (Å²) in [6.07, 6.45) is 1.37.